The van der Waals surface area contributed by atoms with Gasteiger partial charge in [0.2, 0.25) is 0 Å². The number of aromatic nitrogens is 1. The maximum atomic E-state index is 13.7. The van der Waals surface area contributed by atoms with Crippen LogP contribution in [-0.2, 0) is 6.42 Å². The van der Waals surface area contributed by atoms with Crippen molar-refractivity contribution in [2.45, 2.75) is 20.3 Å². The number of nitrogen functional groups attached to an aromatic ring is 1. The van der Waals surface area contributed by atoms with Crippen molar-refractivity contribution >= 4 is 32.5 Å². The van der Waals surface area contributed by atoms with E-state index in [4.69, 9.17) is 5.84 Å². The molecule has 90 valence electrons. The number of hydrogen-bond donors (Lipinski definition) is 2. The van der Waals surface area contributed by atoms with E-state index in [1.165, 1.54) is 6.07 Å². The molecular formula is C12H13BrFN3. The van der Waals surface area contributed by atoms with Crippen molar-refractivity contribution in [2.75, 3.05) is 5.43 Å². The Balaban J connectivity index is 2.98. The van der Waals surface area contributed by atoms with Gasteiger partial charge in [-0.3, -0.25) is 5.84 Å². The molecule has 0 amide bonds. The van der Waals surface area contributed by atoms with Gasteiger partial charge < -0.3 is 5.43 Å². The summed E-state index contributed by atoms with van der Waals surface area (Å²) in [6, 6.07) is 3.06. The van der Waals surface area contributed by atoms with Gasteiger partial charge in [-0.05, 0) is 31.0 Å². The van der Waals surface area contributed by atoms with E-state index in [0.29, 0.717) is 10.9 Å². The van der Waals surface area contributed by atoms with E-state index in [1.807, 2.05) is 13.8 Å². The number of nitrogens with two attached hydrogens (primary N) is 1. The number of benzene rings is 1. The minimum atomic E-state index is -0.342. The van der Waals surface area contributed by atoms with Gasteiger partial charge in [-0.15, -0.1) is 0 Å². The molecule has 0 saturated heterocycles. The maximum absolute atomic E-state index is 13.7. The number of nitrogens with one attached hydrogen (secondary N) is 1. The molecule has 1 aromatic heterocycles. The Morgan fingerprint density at radius 3 is 2.76 bits per heavy atom. The fourth-order valence-corrected chi connectivity index (χ4v) is 2.57. The quantitative estimate of drug-likeness (QED) is 0.660. The van der Waals surface area contributed by atoms with Crippen molar-refractivity contribution in [3.63, 3.8) is 0 Å². The number of hydrogen-bond acceptors (Lipinski definition) is 3. The van der Waals surface area contributed by atoms with Gasteiger partial charge in [0.25, 0.3) is 0 Å². The molecule has 17 heavy (non-hydrogen) atoms. The Hall–Kier alpha value is -1.20. The first kappa shape index (κ1) is 12.3. The van der Waals surface area contributed by atoms with Crippen LogP contribution in [0.25, 0.3) is 10.9 Å². The molecule has 2 rings (SSSR count). The lowest BCUT2D eigenvalue weighted by atomic mass is 10.0. The van der Waals surface area contributed by atoms with E-state index in [0.717, 1.165) is 27.8 Å². The molecule has 5 heteroatoms. The van der Waals surface area contributed by atoms with Crippen molar-refractivity contribution in [3.05, 3.63) is 33.7 Å². The zero-order chi connectivity index (χ0) is 12.6. The number of halogens is 2. The predicted molar refractivity (Wildman–Crippen MR) is 71.3 cm³/mol. The predicted octanol–water partition coefficient (Wildman–Crippen LogP) is 3.29. The molecular weight excluding hydrogens is 285 g/mol. The first-order valence-corrected chi connectivity index (χ1v) is 6.13. The number of rotatable bonds is 2. The highest BCUT2D eigenvalue weighted by Gasteiger charge is 2.15. The fourth-order valence-electron chi connectivity index (χ4n) is 2.05. The molecule has 1 heterocycles. The highest BCUT2D eigenvalue weighted by Crippen LogP contribution is 2.34. The summed E-state index contributed by atoms with van der Waals surface area (Å²) >= 11 is 3.41. The average molecular weight is 298 g/mol. The summed E-state index contributed by atoms with van der Waals surface area (Å²) < 4.78 is 14.5. The van der Waals surface area contributed by atoms with E-state index < -0.39 is 0 Å². The largest absolute Gasteiger partial charge is 0.323 e. The Morgan fingerprint density at radius 1 is 1.47 bits per heavy atom. The Bertz CT molecular complexity index is 584. The molecule has 0 fully saturated rings. The molecule has 0 saturated carbocycles. The lowest BCUT2D eigenvalue weighted by Gasteiger charge is -2.14. The topological polar surface area (TPSA) is 50.9 Å². The van der Waals surface area contributed by atoms with Gasteiger partial charge in [0.15, 0.2) is 0 Å². The molecule has 3 nitrogen and oxygen atoms in total. The van der Waals surface area contributed by atoms with Gasteiger partial charge in [0, 0.05) is 15.6 Å². The van der Waals surface area contributed by atoms with E-state index in [1.54, 1.807) is 6.07 Å². The van der Waals surface area contributed by atoms with Crippen LogP contribution in [0.2, 0.25) is 0 Å². The molecule has 0 unspecified atom stereocenters. The fraction of sp³-hybridized carbons (Fsp3) is 0.250. The highest BCUT2D eigenvalue weighted by atomic mass is 79.9. The second kappa shape index (κ2) is 4.58. The SMILES string of the molecule is CCc1c(C)nc2c(F)ccc(Br)c2c1NN. The molecule has 0 radical (unpaired) electrons. The normalized spacial score (nSPS) is 10.9. The van der Waals surface area contributed by atoms with E-state index in [-0.39, 0.29) is 5.82 Å². The third-order valence-corrected chi connectivity index (χ3v) is 3.50. The van der Waals surface area contributed by atoms with Crippen LogP contribution in [-0.4, -0.2) is 4.98 Å². The number of aryl methyl sites for hydroxylation is 1. The smallest absolute Gasteiger partial charge is 0.149 e. The third-order valence-electron chi connectivity index (χ3n) is 2.84. The van der Waals surface area contributed by atoms with Crippen molar-refractivity contribution in [1.29, 1.82) is 0 Å². The van der Waals surface area contributed by atoms with Gasteiger partial charge >= 0.3 is 0 Å². The second-order valence-corrected chi connectivity index (χ2v) is 4.66. The molecule has 2 aromatic rings. The van der Waals surface area contributed by atoms with Gasteiger partial charge in [-0.1, -0.05) is 22.9 Å². The van der Waals surface area contributed by atoms with Gasteiger partial charge in [-0.25, -0.2) is 9.37 Å². The number of nitrogens with zero attached hydrogens (tertiary/aromatic N) is 1. The van der Waals surface area contributed by atoms with Crippen molar-refractivity contribution < 1.29 is 4.39 Å². The Morgan fingerprint density at radius 2 is 2.18 bits per heavy atom. The van der Waals surface area contributed by atoms with Crippen molar-refractivity contribution in [1.82, 2.24) is 4.98 Å². The van der Waals surface area contributed by atoms with E-state index in [9.17, 15) is 4.39 Å². The highest BCUT2D eigenvalue weighted by molar-refractivity contribution is 9.10. The molecule has 0 atom stereocenters. The maximum Gasteiger partial charge on any atom is 0.149 e. The summed E-state index contributed by atoms with van der Waals surface area (Å²) in [6.07, 6.45) is 0.789. The van der Waals surface area contributed by atoms with Crippen LogP contribution in [0.15, 0.2) is 16.6 Å². The van der Waals surface area contributed by atoms with Crippen LogP contribution < -0.4 is 11.3 Å². The monoisotopic (exact) mass is 297 g/mol. The van der Waals surface area contributed by atoms with Crippen LogP contribution in [0.1, 0.15) is 18.2 Å². The molecule has 0 bridgehead atoms. The van der Waals surface area contributed by atoms with Crippen molar-refractivity contribution in [3.8, 4) is 0 Å². The lowest BCUT2D eigenvalue weighted by Crippen LogP contribution is -2.12. The summed E-state index contributed by atoms with van der Waals surface area (Å²) in [5, 5.41) is 0.690. The van der Waals surface area contributed by atoms with Crippen LogP contribution in [0.3, 0.4) is 0 Å². The summed E-state index contributed by atoms with van der Waals surface area (Å²) in [7, 11) is 0. The second-order valence-electron chi connectivity index (χ2n) is 3.80. The van der Waals surface area contributed by atoms with Crippen LogP contribution in [0.5, 0.6) is 0 Å². The Labute approximate surface area is 107 Å². The molecule has 1 aromatic carbocycles. The van der Waals surface area contributed by atoms with Crippen molar-refractivity contribution in [2.24, 2.45) is 5.84 Å². The first-order valence-electron chi connectivity index (χ1n) is 5.34. The van der Waals surface area contributed by atoms with Crippen LogP contribution >= 0.6 is 15.9 Å². The third kappa shape index (κ3) is 1.89. The first-order chi connectivity index (χ1) is 8.10. The minimum Gasteiger partial charge on any atom is -0.323 e. The summed E-state index contributed by atoms with van der Waals surface area (Å²) in [6.45, 7) is 3.88. The molecule has 0 spiro atoms. The molecule has 0 aliphatic rings. The molecule has 0 aliphatic carbocycles. The molecule has 3 N–H and O–H groups in total. The zero-order valence-electron chi connectivity index (χ0n) is 9.64. The van der Waals surface area contributed by atoms with Crippen LogP contribution in [0.4, 0.5) is 10.1 Å². The van der Waals surface area contributed by atoms with Crippen LogP contribution in [0, 0.1) is 12.7 Å². The summed E-state index contributed by atoms with van der Waals surface area (Å²) in [5.41, 5.74) is 5.54. The number of hydrazine groups is 1. The Kier molecular flexibility index (Phi) is 3.31. The summed E-state index contributed by atoms with van der Waals surface area (Å²) in [4.78, 5) is 4.31. The lowest BCUT2D eigenvalue weighted by molar-refractivity contribution is 0.636. The van der Waals surface area contributed by atoms with Gasteiger partial charge in [0.05, 0.1) is 5.69 Å². The van der Waals surface area contributed by atoms with Gasteiger partial charge in [0.1, 0.15) is 11.3 Å². The zero-order valence-corrected chi connectivity index (χ0v) is 11.2. The standard InChI is InChI=1S/C12H13BrFN3/c1-3-7-6(2)16-12-9(14)5-4-8(13)10(12)11(7)17-15/h4-5H,3,15H2,1-2H3,(H,16,17). The average Bonchev–Trinajstić information content (AvgIpc) is 2.32. The van der Waals surface area contributed by atoms with E-state index >= 15 is 0 Å². The van der Waals surface area contributed by atoms with Gasteiger partial charge in [-0.2, -0.15) is 0 Å². The minimum absolute atomic E-state index is 0.335. The number of pyridine rings is 1. The molecule has 0 aliphatic heterocycles. The number of anilines is 1. The van der Waals surface area contributed by atoms with E-state index in [2.05, 4.69) is 26.3 Å². The number of fused-ring (bicyclic) bond motifs is 1. The summed E-state index contributed by atoms with van der Waals surface area (Å²) in [5.74, 6) is 5.22.